The number of carbonyl (C=O) groups excluding carboxylic acids is 2. The Morgan fingerprint density at radius 2 is 1.53 bits per heavy atom. The number of hydrogen-bond donors (Lipinski definition) is 9. The second kappa shape index (κ2) is 16.4. The topological polar surface area (TPSA) is 374 Å². The minimum Gasteiger partial charge on any atom is -0.387 e. The largest absolute Gasteiger partial charge is 0.481 e. The molecule has 3 aromatic rings. The number of primary amides is 2. The Morgan fingerprint density at radius 1 is 0.906 bits per heavy atom. The molecular formula is C27H35N9O15P2. The zero-order valence-corrected chi connectivity index (χ0v) is 28.9. The number of hydrogen-bond acceptors (Lipinski definition) is 19. The molecule has 2 saturated heterocycles. The number of aliphatic hydroxyl groups excluding tert-OH is 4. The molecule has 0 saturated carbocycles. The lowest BCUT2D eigenvalue weighted by molar-refractivity contribution is -0.115. The summed E-state index contributed by atoms with van der Waals surface area (Å²) in [4.78, 5) is 58.7. The summed E-state index contributed by atoms with van der Waals surface area (Å²) in [5.41, 5.74) is 17.0. The summed E-state index contributed by atoms with van der Waals surface area (Å²) in [7, 11) is -10.7. The van der Waals surface area contributed by atoms with E-state index in [-0.39, 0.29) is 29.0 Å². The maximum absolute atomic E-state index is 12.4. The molecule has 3 aliphatic rings. The normalized spacial score (nSPS) is 29.2. The van der Waals surface area contributed by atoms with E-state index in [1.54, 1.807) is 24.4 Å². The number of aromatic nitrogens is 5. The molecule has 288 valence electrons. The highest BCUT2D eigenvalue weighted by Crippen LogP contribution is 2.60. The molecule has 2 fully saturated rings. The molecule has 12 N–H and O–H groups in total. The van der Waals surface area contributed by atoms with Gasteiger partial charge < -0.3 is 61.8 Å². The van der Waals surface area contributed by atoms with Crippen molar-refractivity contribution in [3.63, 3.8) is 0 Å². The van der Waals surface area contributed by atoms with E-state index >= 15 is 0 Å². The number of pyridine rings is 1. The second-order valence-electron chi connectivity index (χ2n) is 11.4. The van der Waals surface area contributed by atoms with Crippen molar-refractivity contribution < 1.29 is 71.8 Å². The Bertz CT molecular complexity index is 1950. The van der Waals surface area contributed by atoms with Crippen LogP contribution in [0.5, 0.6) is 0 Å². The van der Waals surface area contributed by atoms with Gasteiger partial charge in [0.25, 0.3) is 0 Å². The van der Waals surface area contributed by atoms with Crippen molar-refractivity contribution in [1.82, 2.24) is 29.4 Å². The van der Waals surface area contributed by atoms with Gasteiger partial charge >= 0.3 is 15.6 Å². The number of fused-ring (bicyclic) bond motifs is 1. The van der Waals surface area contributed by atoms with E-state index in [4.69, 9.17) is 35.7 Å². The van der Waals surface area contributed by atoms with E-state index in [0.717, 1.165) is 6.33 Å². The van der Waals surface area contributed by atoms with Gasteiger partial charge in [-0.3, -0.25) is 28.2 Å². The van der Waals surface area contributed by atoms with Gasteiger partial charge in [0, 0.05) is 30.4 Å². The van der Waals surface area contributed by atoms with Crippen molar-refractivity contribution in [1.29, 1.82) is 0 Å². The Balaban J connectivity index is 0.000000526. The smallest absolute Gasteiger partial charge is 0.387 e. The molecule has 24 nitrogen and oxygen atoms in total. The average molecular weight is 788 g/mol. The fraction of sp³-hybridized carbons (Fsp3) is 0.407. The summed E-state index contributed by atoms with van der Waals surface area (Å²) < 4.78 is 50.8. The van der Waals surface area contributed by atoms with E-state index in [2.05, 4.69) is 24.2 Å². The van der Waals surface area contributed by atoms with Crippen LogP contribution in [0.4, 0.5) is 5.82 Å². The third-order valence-electron chi connectivity index (χ3n) is 7.82. The number of anilines is 1. The lowest BCUT2D eigenvalue weighted by Crippen LogP contribution is -2.40. The lowest BCUT2D eigenvalue weighted by atomic mass is 10.1. The fourth-order valence-electron chi connectivity index (χ4n) is 5.19. The van der Waals surface area contributed by atoms with E-state index < -0.39 is 89.8 Å². The van der Waals surface area contributed by atoms with Gasteiger partial charge in [-0.05, 0) is 18.6 Å². The van der Waals surface area contributed by atoms with Crippen LogP contribution in [0.15, 0.2) is 61.2 Å². The first kappa shape index (κ1) is 39.9. The van der Waals surface area contributed by atoms with Gasteiger partial charge in [0.1, 0.15) is 48.5 Å². The number of phosphoric acid groups is 2. The summed E-state index contributed by atoms with van der Waals surface area (Å²) >= 11 is 0. The van der Waals surface area contributed by atoms with Crippen molar-refractivity contribution in [2.45, 2.75) is 55.5 Å². The Morgan fingerprint density at radius 3 is 2.09 bits per heavy atom. The number of imidazole rings is 1. The number of phosphoric ester groups is 2. The Kier molecular flexibility index (Phi) is 12.4. The summed E-state index contributed by atoms with van der Waals surface area (Å²) in [5.74, 6) is -1.10. The van der Waals surface area contributed by atoms with Gasteiger partial charge in [0.2, 0.25) is 11.8 Å². The van der Waals surface area contributed by atoms with Crippen LogP contribution in [0.3, 0.4) is 0 Å². The van der Waals surface area contributed by atoms with Crippen LogP contribution in [0, 0.1) is 0 Å². The Labute approximate surface area is 298 Å². The molecule has 2 unspecified atom stereocenters. The first-order valence-corrected chi connectivity index (χ1v) is 18.2. The van der Waals surface area contributed by atoms with E-state index in [1.807, 2.05) is 0 Å². The maximum atomic E-state index is 12.4. The highest BCUT2D eigenvalue weighted by Gasteiger charge is 2.48. The van der Waals surface area contributed by atoms with Crippen molar-refractivity contribution in [3.8, 4) is 0 Å². The molecule has 10 atom stereocenters. The van der Waals surface area contributed by atoms with Crippen LogP contribution in [0.25, 0.3) is 11.2 Å². The fourth-order valence-corrected chi connectivity index (χ4v) is 7.28. The van der Waals surface area contributed by atoms with E-state index in [9.17, 15) is 48.9 Å². The molecule has 3 aliphatic heterocycles. The van der Waals surface area contributed by atoms with Crippen LogP contribution in [0.1, 0.15) is 23.0 Å². The van der Waals surface area contributed by atoms with Crippen LogP contribution < -0.4 is 17.2 Å². The Hall–Kier alpha value is -4.26. The van der Waals surface area contributed by atoms with Crippen LogP contribution in [0.2, 0.25) is 0 Å². The number of rotatable bonds is 12. The predicted octanol–water partition coefficient (Wildman–Crippen LogP) is -2.51. The van der Waals surface area contributed by atoms with Crippen LogP contribution in [-0.2, 0) is 36.8 Å². The third-order valence-corrected chi connectivity index (χ3v) is 10.4. The number of amides is 2. The van der Waals surface area contributed by atoms with Crippen molar-refractivity contribution in [3.05, 3.63) is 66.8 Å². The van der Waals surface area contributed by atoms with Gasteiger partial charge in [0.15, 0.2) is 23.9 Å². The molecule has 26 heteroatoms. The quantitative estimate of drug-likeness (QED) is 0.0856. The van der Waals surface area contributed by atoms with Gasteiger partial charge in [-0.15, -0.1) is 0 Å². The van der Waals surface area contributed by atoms with Crippen molar-refractivity contribution in [2.24, 2.45) is 11.5 Å². The summed E-state index contributed by atoms with van der Waals surface area (Å²) in [5, 5.41) is 41.6. The van der Waals surface area contributed by atoms with Crippen molar-refractivity contribution in [2.75, 3.05) is 18.9 Å². The molecule has 0 bridgehead atoms. The van der Waals surface area contributed by atoms with Gasteiger partial charge in [-0.25, -0.2) is 24.1 Å². The number of nitrogens with two attached hydrogens (primary N) is 3. The number of ether oxygens (including phenoxy) is 2. The predicted molar refractivity (Wildman–Crippen MR) is 175 cm³/mol. The third kappa shape index (κ3) is 9.46. The SMILES string of the molecule is NC(=O)C1=CN([C@@H]2O[C@H](COP(=O)(O)OP(=O)(O)OC[C@H]3O[C@@H](n4cnc5c(N)ncnc54)[C@H](O)[C@@H]3O)[C@@H](O)[C@H]2O)C=CC1.NC(=O)c1cccnc1. The van der Waals surface area contributed by atoms with E-state index in [0.29, 0.717) is 5.56 Å². The number of nitrogen functional groups attached to an aromatic ring is 1. The zero-order valence-electron chi connectivity index (χ0n) is 27.1. The first-order valence-electron chi connectivity index (χ1n) is 15.2. The lowest BCUT2D eigenvalue weighted by Gasteiger charge is -2.28. The molecule has 3 aromatic heterocycles. The summed E-state index contributed by atoms with van der Waals surface area (Å²) in [6.45, 7) is -1.79. The average Bonchev–Trinajstić information content (AvgIpc) is 3.76. The number of nitrogens with zero attached hydrogens (tertiary/aromatic N) is 6. The van der Waals surface area contributed by atoms with Crippen LogP contribution >= 0.6 is 15.6 Å². The summed E-state index contributed by atoms with van der Waals surface area (Å²) in [6.07, 6.45) is -1.86. The van der Waals surface area contributed by atoms with Gasteiger partial charge in [-0.1, -0.05) is 6.08 Å². The van der Waals surface area contributed by atoms with Crippen LogP contribution in [-0.4, -0.2) is 127 Å². The van der Waals surface area contributed by atoms with Crippen molar-refractivity contribution >= 4 is 44.4 Å². The molecule has 0 aromatic carbocycles. The standard InChI is InChI=1S/C21H29N7O14P2.C6H6N2O/c22-17-12-19(25-7-24-17)28(8-26-12)21-16(32)14(30)11(41-21)6-39-44(36,37)42-43(34,35)38-5-10-13(29)15(31)20(40-10)27-3-1-2-9(4-27)18(23)33;7-6(9)5-2-1-3-8-4-5/h1,3-4,7-8,10-11,13-16,20-21,29-32H,2,5-6H2,(H2,23,33)(H,34,35)(H,36,37)(H2,22,24,25);1-4H,(H2,7,9)/t10-,11-,13-,14-,15-,16-,20-,21-;/m1./s1. The molecular weight excluding hydrogens is 752 g/mol. The second-order valence-corrected chi connectivity index (χ2v) is 14.5. The molecule has 6 heterocycles. The van der Waals surface area contributed by atoms with Gasteiger partial charge in [0.05, 0.1) is 25.1 Å². The molecule has 0 spiro atoms. The zero-order chi connectivity index (χ0) is 38.7. The molecule has 53 heavy (non-hydrogen) atoms. The molecule has 2 amide bonds. The number of allylic oxidation sites excluding steroid dienone is 1. The van der Waals surface area contributed by atoms with E-state index in [1.165, 1.54) is 34.4 Å². The highest BCUT2D eigenvalue weighted by molar-refractivity contribution is 7.61. The minimum atomic E-state index is -5.37. The monoisotopic (exact) mass is 787 g/mol. The number of aliphatic hydroxyl groups is 4. The maximum Gasteiger partial charge on any atom is 0.481 e. The molecule has 0 aliphatic carbocycles. The number of carbonyl (C=O) groups is 2. The van der Waals surface area contributed by atoms with Gasteiger partial charge in [-0.2, -0.15) is 4.31 Å². The minimum absolute atomic E-state index is 0.0517. The first-order chi connectivity index (χ1) is 25.0. The summed E-state index contributed by atoms with van der Waals surface area (Å²) in [6, 6.07) is 3.29. The highest BCUT2D eigenvalue weighted by atomic mass is 31.3. The molecule has 0 radical (unpaired) electrons. The molecule has 6 rings (SSSR count).